The van der Waals surface area contributed by atoms with E-state index in [1.165, 1.54) is 0 Å². The number of hydrogen-bond acceptors (Lipinski definition) is 3. The topological polar surface area (TPSA) is 58.2 Å². The van der Waals surface area contributed by atoms with Crippen LogP contribution < -0.4 is 0 Å². The molecule has 0 spiro atoms. The first-order valence-electron chi connectivity index (χ1n) is 6.49. The molecule has 1 fully saturated rings. The quantitative estimate of drug-likeness (QED) is 0.857. The van der Waals surface area contributed by atoms with Gasteiger partial charge in [0, 0.05) is 12.2 Å². The first-order chi connectivity index (χ1) is 8.78. The predicted molar refractivity (Wildman–Crippen MR) is 75.9 cm³/mol. The first-order valence-corrected chi connectivity index (χ1v) is 7.29. The normalized spacial score (nSPS) is 19.8. The zero-order valence-electron chi connectivity index (χ0n) is 11.8. The van der Waals surface area contributed by atoms with E-state index in [0.29, 0.717) is 4.73 Å². The lowest BCUT2D eigenvalue weighted by atomic mass is 10.1. The van der Waals surface area contributed by atoms with E-state index in [1.807, 2.05) is 27.7 Å². The number of aromatic amines is 1. The molecule has 1 aliphatic heterocycles. The van der Waals surface area contributed by atoms with Crippen molar-refractivity contribution in [1.29, 1.82) is 0 Å². The van der Waals surface area contributed by atoms with Crippen LogP contribution in [0.5, 0.6) is 0 Å². The molecule has 0 aliphatic carbocycles. The molecule has 106 valence electrons. The van der Waals surface area contributed by atoms with Crippen molar-refractivity contribution in [3.05, 3.63) is 16.1 Å². The SMILES string of the molecule is Cc1[nH]c(Br)nc1C1CCCN1C(=O)OC(C)(C)C. The first kappa shape index (κ1) is 14.4. The predicted octanol–water partition coefficient (Wildman–Crippen LogP) is 3.55. The maximum absolute atomic E-state index is 12.2. The number of nitrogens with zero attached hydrogens (tertiary/aromatic N) is 2. The Morgan fingerprint density at radius 3 is 2.74 bits per heavy atom. The minimum absolute atomic E-state index is 0.0115. The van der Waals surface area contributed by atoms with E-state index >= 15 is 0 Å². The fraction of sp³-hybridized carbons (Fsp3) is 0.692. The Morgan fingerprint density at radius 2 is 2.21 bits per heavy atom. The number of halogens is 1. The van der Waals surface area contributed by atoms with Crippen LogP contribution >= 0.6 is 15.9 Å². The second-order valence-electron chi connectivity index (χ2n) is 5.87. The molecule has 1 unspecified atom stereocenters. The summed E-state index contributed by atoms with van der Waals surface area (Å²) < 4.78 is 6.16. The van der Waals surface area contributed by atoms with Gasteiger partial charge in [-0.15, -0.1) is 0 Å². The third-order valence-corrected chi connectivity index (χ3v) is 3.47. The summed E-state index contributed by atoms with van der Waals surface area (Å²) in [6, 6.07) is 0.0115. The summed E-state index contributed by atoms with van der Waals surface area (Å²) in [6.45, 7) is 8.34. The maximum Gasteiger partial charge on any atom is 0.410 e. The third kappa shape index (κ3) is 3.29. The minimum Gasteiger partial charge on any atom is -0.444 e. The van der Waals surface area contributed by atoms with E-state index in [9.17, 15) is 4.79 Å². The molecule has 1 aromatic heterocycles. The molecule has 19 heavy (non-hydrogen) atoms. The molecule has 1 aliphatic rings. The highest BCUT2D eigenvalue weighted by Crippen LogP contribution is 2.34. The van der Waals surface area contributed by atoms with Gasteiger partial charge in [0.05, 0.1) is 11.7 Å². The van der Waals surface area contributed by atoms with E-state index in [1.54, 1.807) is 4.90 Å². The second kappa shape index (κ2) is 5.15. The monoisotopic (exact) mass is 329 g/mol. The second-order valence-corrected chi connectivity index (χ2v) is 6.62. The highest BCUT2D eigenvalue weighted by molar-refractivity contribution is 9.10. The molecule has 1 N–H and O–H groups in total. The number of H-pyrrole nitrogens is 1. The molecule has 6 heteroatoms. The van der Waals surface area contributed by atoms with Crippen LogP contribution in [0.15, 0.2) is 4.73 Å². The van der Waals surface area contributed by atoms with Crippen molar-refractivity contribution in [2.45, 2.75) is 52.2 Å². The molecule has 0 bridgehead atoms. The van der Waals surface area contributed by atoms with Gasteiger partial charge in [-0.25, -0.2) is 9.78 Å². The van der Waals surface area contributed by atoms with Crippen LogP contribution in [-0.4, -0.2) is 33.1 Å². The number of rotatable bonds is 1. The lowest BCUT2D eigenvalue weighted by molar-refractivity contribution is 0.0221. The fourth-order valence-corrected chi connectivity index (χ4v) is 2.84. The summed E-state index contributed by atoms with van der Waals surface area (Å²) in [5.74, 6) is 0. The van der Waals surface area contributed by atoms with Crippen LogP contribution in [0, 0.1) is 6.92 Å². The van der Waals surface area contributed by atoms with Gasteiger partial charge < -0.3 is 9.72 Å². The summed E-state index contributed by atoms with van der Waals surface area (Å²) in [6.07, 6.45) is 1.65. The van der Waals surface area contributed by atoms with Crippen LogP contribution in [-0.2, 0) is 4.74 Å². The number of carbonyl (C=O) groups is 1. The third-order valence-electron chi connectivity index (χ3n) is 3.09. The molecule has 1 saturated heterocycles. The Balaban J connectivity index is 2.17. The van der Waals surface area contributed by atoms with Gasteiger partial charge in [0.15, 0.2) is 4.73 Å². The van der Waals surface area contributed by atoms with Gasteiger partial charge >= 0.3 is 6.09 Å². The largest absolute Gasteiger partial charge is 0.444 e. The van der Waals surface area contributed by atoms with Gasteiger partial charge in [-0.3, -0.25) is 4.90 Å². The standard InChI is InChI=1S/C13H20BrN3O2/c1-8-10(16-11(14)15-8)9-6-5-7-17(9)12(18)19-13(2,3)4/h9H,5-7H2,1-4H3,(H,15,16). The lowest BCUT2D eigenvalue weighted by Gasteiger charge is -2.28. The molecular weight excluding hydrogens is 310 g/mol. The Hall–Kier alpha value is -1.04. The smallest absolute Gasteiger partial charge is 0.410 e. The Morgan fingerprint density at radius 1 is 1.53 bits per heavy atom. The molecular formula is C13H20BrN3O2. The number of ether oxygens (including phenoxy) is 1. The van der Waals surface area contributed by atoms with Crippen molar-refractivity contribution >= 4 is 22.0 Å². The van der Waals surface area contributed by atoms with Crippen molar-refractivity contribution in [3.8, 4) is 0 Å². The van der Waals surface area contributed by atoms with E-state index in [4.69, 9.17) is 4.74 Å². The van der Waals surface area contributed by atoms with Gasteiger partial charge in [0.1, 0.15) is 5.60 Å². The van der Waals surface area contributed by atoms with Crippen molar-refractivity contribution in [3.63, 3.8) is 0 Å². The van der Waals surface area contributed by atoms with E-state index in [0.717, 1.165) is 30.8 Å². The number of amides is 1. The van der Waals surface area contributed by atoms with Crippen molar-refractivity contribution < 1.29 is 9.53 Å². The molecule has 0 saturated carbocycles. The highest BCUT2D eigenvalue weighted by Gasteiger charge is 2.35. The molecule has 0 radical (unpaired) electrons. The summed E-state index contributed by atoms with van der Waals surface area (Å²) in [5, 5.41) is 0. The molecule has 1 atom stereocenters. The molecule has 2 rings (SSSR count). The van der Waals surface area contributed by atoms with Gasteiger partial charge in [0.2, 0.25) is 0 Å². The van der Waals surface area contributed by atoms with Crippen LogP contribution in [0.3, 0.4) is 0 Å². The maximum atomic E-state index is 12.2. The van der Waals surface area contributed by atoms with Gasteiger partial charge in [-0.2, -0.15) is 0 Å². The number of hydrogen-bond donors (Lipinski definition) is 1. The summed E-state index contributed by atoms with van der Waals surface area (Å²) >= 11 is 3.33. The minimum atomic E-state index is -0.467. The van der Waals surface area contributed by atoms with Gasteiger partial charge in [0.25, 0.3) is 0 Å². The zero-order chi connectivity index (χ0) is 14.2. The molecule has 2 heterocycles. The van der Waals surface area contributed by atoms with Crippen LogP contribution in [0.2, 0.25) is 0 Å². The number of nitrogens with one attached hydrogen (secondary N) is 1. The fourth-order valence-electron chi connectivity index (χ4n) is 2.35. The van der Waals surface area contributed by atoms with Gasteiger partial charge in [-0.05, 0) is 56.5 Å². The average molecular weight is 330 g/mol. The van der Waals surface area contributed by atoms with Crippen molar-refractivity contribution in [1.82, 2.24) is 14.9 Å². The summed E-state index contributed by atoms with van der Waals surface area (Å²) in [5.41, 5.74) is 1.45. The zero-order valence-corrected chi connectivity index (χ0v) is 13.4. The summed E-state index contributed by atoms with van der Waals surface area (Å²) in [4.78, 5) is 21.5. The Kier molecular flexibility index (Phi) is 3.90. The molecule has 5 nitrogen and oxygen atoms in total. The average Bonchev–Trinajstić information content (AvgIpc) is 2.81. The van der Waals surface area contributed by atoms with Crippen LogP contribution in [0.1, 0.15) is 51.0 Å². The molecule has 1 amide bonds. The lowest BCUT2D eigenvalue weighted by Crippen LogP contribution is -2.36. The molecule has 1 aromatic rings. The highest BCUT2D eigenvalue weighted by atomic mass is 79.9. The molecule has 0 aromatic carbocycles. The summed E-state index contributed by atoms with van der Waals surface area (Å²) in [7, 11) is 0. The van der Waals surface area contributed by atoms with Crippen LogP contribution in [0.25, 0.3) is 0 Å². The van der Waals surface area contributed by atoms with Crippen molar-refractivity contribution in [2.24, 2.45) is 0 Å². The number of aryl methyl sites for hydroxylation is 1. The number of likely N-dealkylation sites (tertiary alicyclic amines) is 1. The Bertz CT molecular complexity index is 479. The Labute approximate surface area is 121 Å². The van der Waals surface area contributed by atoms with E-state index in [2.05, 4.69) is 25.9 Å². The number of carbonyl (C=O) groups excluding carboxylic acids is 1. The van der Waals surface area contributed by atoms with Crippen LogP contribution in [0.4, 0.5) is 4.79 Å². The van der Waals surface area contributed by atoms with E-state index in [-0.39, 0.29) is 12.1 Å². The number of aromatic nitrogens is 2. The van der Waals surface area contributed by atoms with Gasteiger partial charge in [-0.1, -0.05) is 0 Å². The van der Waals surface area contributed by atoms with Crippen molar-refractivity contribution in [2.75, 3.05) is 6.54 Å². The number of imidazole rings is 1. The van der Waals surface area contributed by atoms with E-state index < -0.39 is 5.60 Å².